The van der Waals surface area contributed by atoms with Crippen molar-refractivity contribution in [1.82, 2.24) is 19.9 Å². The average Bonchev–Trinajstić information content (AvgIpc) is 2.85. The van der Waals surface area contributed by atoms with E-state index in [4.69, 9.17) is 0 Å². The zero-order chi connectivity index (χ0) is 12.1. The summed E-state index contributed by atoms with van der Waals surface area (Å²) in [6.07, 6.45) is 1.82. The van der Waals surface area contributed by atoms with Crippen LogP contribution in [0.2, 0.25) is 0 Å². The van der Waals surface area contributed by atoms with Gasteiger partial charge in [-0.3, -0.25) is 4.90 Å². The van der Waals surface area contributed by atoms with Crippen molar-refractivity contribution >= 4 is 0 Å². The van der Waals surface area contributed by atoms with Gasteiger partial charge in [-0.05, 0) is 13.1 Å². The predicted octanol–water partition coefficient (Wildman–Crippen LogP) is 2.24. The van der Waals surface area contributed by atoms with Crippen LogP contribution in [0, 0.1) is 0 Å². The molecule has 1 heterocycles. The second-order valence-corrected chi connectivity index (χ2v) is 3.93. The highest BCUT2D eigenvalue weighted by molar-refractivity contribution is 5.57. The van der Waals surface area contributed by atoms with Crippen molar-refractivity contribution in [3.05, 3.63) is 36.5 Å². The summed E-state index contributed by atoms with van der Waals surface area (Å²) in [4.78, 5) is 2.31. The number of hydrogen-bond donors (Lipinski definition) is 0. The van der Waals surface area contributed by atoms with E-state index in [1.165, 1.54) is 0 Å². The Hall–Kier alpha value is -1.68. The quantitative estimate of drug-likeness (QED) is 0.790. The molecule has 2 aromatic rings. The molecule has 4 nitrogen and oxygen atoms in total. The smallest absolute Gasteiger partial charge is 0.0953 e. The first-order chi connectivity index (χ1) is 8.35. The third kappa shape index (κ3) is 2.71. The summed E-state index contributed by atoms with van der Waals surface area (Å²) in [5, 5.41) is 8.16. The van der Waals surface area contributed by atoms with E-state index in [-0.39, 0.29) is 0 Å². The molecule has 0 unspecified atom stereocenters. The SMILES string of the molecule is CCN(CC)Cn1nncc1-c1ccccc1. The highest BCUT2D eigenvalue weighted by Crippen LogP contribution is 2.17. The van der Waals surface area contributed by atoms with Crippen LogP contribution in [0.1, 0.15) is 13.8 Å². The Morgan fingerprint density at radius 3 is 2.47 bits per heavy atom. The highest BCUT2D eigenvalue weighted by atomic mass is 15.5. The molecule has 0 atom stereocenters. The number of benzene rings is 1. The summed E-state index contributed by atoms with van der Waals surface area (Å²) < 4.78 is 1.95. The molecule has 0 aliphatic carbocycles. The molecule has 0 radical (unpaired) electrons. The lowest BCUT2D eigenvalue weighted by Crippen LogP contribution is -2.26. The molecule has 0 saturated carbocycles. The minimum Gasteiger partial charge on any atom is -0.285 e. The first kappa shape index (κ1) is 11.8. The van der Waals surface area contributed by atoms with Gasteiger partial charge in [-0.25, -0.2) is 4.68 Å². The van der Waals surface area contributed by atoms with Crippen LogP contribution >= 0.6 is 0 Å². The lowest BCUT2D eigenvalue weighted by molar-refractivity contribution is 0.228. The molecule has 2 rings (SSSR count). The normalized spacial score (nSPS) is 11.0. The zero-order valence-electron chi connectivity index (χ0n) is 10.4. The molecule has 4 heteroatoms. The predicted molar refractivity (Wildman–Crippen MR) is 68.4 cm³/mol. The van der Waals surface area contributed by atoms with E-state index in [2.05, 4.69) is 41.2 Å². The second kappa shape index (κ2) is 5.59. The number of nitrogens with zero attached hydrogens (tertiary/aromatic N) is 4. The third-order valence-electron chi connectivity index (χ3n) is 2.92. The van der Waals surface area contributed by atoms with Gasteiger partial charge >= 0.3 is 0 Å². The fourth-order valence-corrected chi connectivity index (χ4v) is 1.81. The van der Waals surface area contributed by atoms with E-state index in [0.717, 1.165) is 31.0 Å². The molecule has 0 aliphatic heterocycles. The first-order valence-corrected chi connectivity index (χ1v) is 6.01. The molecule has 0 N–H and O–H groups in total. The molecular formula is C13H18N4. The number of hydrogen-bond acceptors (Lipinski definition) is 3. The Morgan fingerprint density at radius 1 is 1.12 bits per heavy atom. The van der Waals surface area contributed by atoms with Crippen molar-refractivity contribution in [3.63, 3.8) is 0 Å². The minimum absolute atomic E-state index is 0.789. The van der Waals surface area contributed by atoms with E-state index in [9.17, 15) is 0 Å². The first-order valence-electron chi connectivity index (χ1n) is 6.01. The van der Waals surface area contributed by atoms with Crippen molar-refractivity contribution in [2.24, 2.45) is 0 Å². The monoisotopic (exact) mass is 230 g/mol. The van der Waals surface area contributed by atoms with Gasteiger partial charge in [0, 0.05) is 5.56 Å². The van der Waals surface area contributed by atoms with E-state index >= 15 is 0 Å². The maximum atomic E-state index is 4.15. The van der Waals surface area contributed by atoms with Gasteiger partial charge in [-0.1, -0.05) is 49.4 Å². The van der Waals surface area contributed by atoms with Crippen LogP contribution in [0.4, 0.5) is 0 Å². The Labute approximate surface area is 102 Å². The minimum atomic E-state index is 0.789. The highest BCUT2D eigenvalue weighted by Gasteiger charge is 2.08. The Bertz CT molecular complexity index is 445. The van der Waals surface area contributed by atoms with Crippen molar-refractivity contribution in [1.29, 1.82) is 0 Å². The van der Waals surface area contributed by atoms with Crippen molar-refractivity contribution in [3.8, 4) is 11.3 Å². The van der Waals surface area contributed by atoms with E-state index < -0.39 is 0 Å². The van der Waals surface area contributed by atoms with Crippen LogP contribution in [-0.2, 0) is 6.67 Å². The van der Waals surface area contributed by atoms with Crippen molar-refractivity contribution < 1.29 is 0 Å². The largest absolute Gasteiger partial charge is 0.285 e. The lowest BCUT2D eigenvalue weighted by Gasteiger charge is -2.18. The van der Waals surface area contributed by atoms with Crippen LogP contribution in [-0.4, -0.2) is 33.0 Å². The van der Waals surface area contributed by atoms with E-state index in [1.807, 2.05) is 29.1 Å². The second-order valence-electron chi connectivity index (χ2n) is 3.93. The topological polar surface area (TPSA) is 34.0 Å². The molecule has 0 amide bonds. The fraction of sp³-hybridized carbons (Fsp3) is 0.385. The number of rotatable bonds is 5. The van der Waals surface area contributed by atoms with Gasteiger partial charge < -0.3 is 0 Å². The number of aromatic nitrogens is 3. The Balaban J connectivity index is 2.23. The Kier molecular flexibility index (Phi) is 3.88. The van der Waals surface area contributed by atoms with Crippen LogP contribution in [0.5, 0.6) is 0 Å². The molecule has 17 heavy (non-hydrogen) atoms. The van der Waals surface area contributed by atoms with Gasteiger partial charge in [0.25, 0.3) is 0 Å². The summed E-state index contributed by atoms with van der Waals surface area (Å²) in [5.74, 6) is 0. The van der Waals surface area contributed by atoms with Gasteiger partial charge in [-0.15, -0.1) is 5.10 Å². The maximum absolute atomic E-state index is 4.15. The fourth-order valence-electron chi connectivity index (χ4n) is 1.81. The third-order valence-corrected chi connectivity index (χ3v) is 2.92. The van der Waals surface area contributed by atoms with Crippen LogP contribution in [0.25, 0.3) is 11.3 Å². The van der Waals surface area contributed by atoms with Gasteiger partial charge in [0.15, 0.2) is 0 Å². The van der Waals surface area contributed by atoms with Gasteiger partial charge in [-0.2, -0.15) is 0 Å². The molecule has 0 spiro atoms. The summed E-state index contributed by atoms with van der Waals surface area (Å²) >= 11 is 0. The van der Waals surface area contributed by atoms with Crippen LogP contribution in [0.15, 0.2) is 36.5 Å². The zero-order valence-corrected chi connectivity index (χ0v) is 10.4. The van der Waals surface area contributed by atoms with E-state index in [0.29, 0.717) is 0 Å². The van der Waals surface area contributed by atoms with Gasteiger partial charge in [0.1, 0.15) is 0 Å². The van der Waals surface area contributed by atoms with Crippen molar-refractivity contribution in [2.45, 2.75) is 20.5 Å². The molecule has 0 saturated heterocycles. The molecule has 0 aliphatic rings. The maximum Gasteiger partial charge on any atom is 0.0953 e. The molecular weight excluding hydrogens is 212 g/mol. The van der Waals surface area contributed by atoms with Crippen LogP contribution < -0.4 is 0 Å². The lowest BCUT2D eigenvalue weighted by atomic mass is 10.2. The van der Waals surface area contributed by atoms with Gasteiger partial charge in [0.2, 0.25) is 0 Å². The summed E-state index contributed by atoms with van der Waals surface area (Å²) in [6.45, 7) is 7.14. The molecule has 1 aromatic carbocycles. The summed E-state index contributed by atoms with van der Waals surface area (Å²) in [6, 6.07) is 10.2. The van der Waals surface area contributed by atoms with Gasteiger partial charge in [0.05, 0.1) is 18.6 Å². The molecule has 0 bridgehead atoms. The molecule has 90 valence electrons. The summed E-state index contributed by atoms with van der Waals surface area (Å²) in [5.41, 5.74) is 2.22. The Morgan fingerprint density at radius 2 is 1.82 bits per heavy atom. The molecule has 1 aromatic heterocycles. The molecule has 0 fully saturated rings. The van der Waals surface area contributed by atoms with Crippen molar-refractivity contribution in [2.75, 3.05) is 13.1 Å². The van der Waals surface area contributed by atoms with E-state index in [1.54, 1.807) is 0 Å². The van der Waals surface area contributed by atoms with Crippen LogP contribution in [0.3, 0.4) is 0 Å². The average molecular weight is 230 g/mol. The summed E-state index contributed by atoms with van der Waals surface area (Å²) in [7, 11) is 0. The standard InChI is InChI=1S/C13H18N4/c1-3-16(4-2)11-17-13(10-14-15-17)12-8-6-5-7-9-12/h5-10H,3-4,11H2,1-2H3.